The Labute approximate surface area is 95.6 Å². The molecule has 0 amide bonds. The lowest BCUT2D eigenvalue weighted by Crippen LogP contribution is -2.08. The Morgan fingerprint density at radius 2 is 2.44 bits per heavy atom. The lowest BCUT2D eigenvalue weighted by Gasteiger charge is -2.02. The summed E-state index contributed by atoms with van der Waals surface area (Å²) in [6.45, 7) is 1.93. The Balaban J connectivity index is 2.60. The molecule has 0 saturated heterocycles. The third kappa shape index (κ3) is 1.74. The Bertz CT molecular complexity index is 553. The van der Waals surface area contributed by atoms with Gasteiger partial charge in [0.1, 0.15) is 0 Å². The van der Waals surface area contributed by atoms with Crippen molar-refractivity contribution in [3.05, 3.63) is 35.0 Å². The van der Waals surface area contributed by atoms with E-state index in [0.717, 1.165) is 6.07 Å². The second-order valence-corrected chi connectivity index (χ2v) is 3.50. The number of imidazole rings is 1. The normalized spacial score (nSPS) is 10.7. The van der Waals surface area contributed by atoms with Crippen molar-refractivity contribution in [3.63, 3.8) is 0 Å². The third-order valence-electron chi connectivity index (χ3n) is 2.01. The van der Waals surface area contributed by atoms with Crippen LogP contribution in [0.3, 0.4) is 0 Å². The van der Waals surface area contributed by atoms with Gasteiger partial charge in [-0.15, -0.1) is 0 Å². The Morgan fingerprint density at radius 3 is 3.12 bits per heavy atom. The molecule has 2 aromatic heterocycles. The minimum atomic E-state index is -0.581. The van der Waals surface area contributed by atoms with Gasteiger partial charge in [0.15, 0.2) is 17.2 Å². The zero-order valence-corrected chi connectivity index (χ0v) is 9.16. The van der Waals surface area contributed by atoms with E-state index in [0.29, 0.717) is 0 Å². The second-order valence-electron chi connectivity index (χ2n) is 3.06. The summed E-state index contributed by atoms with van der Waals surface area (Å²) < 4.78 is 19.5. The highest BCUT2D eigenvalue weighted by Crippen LogP contribution is 2.17. The van der Waals surface area contributed by atoms with Crippen molar-refractivity contribution >= 4 is 23.2 Å². The first kappa shape index (κ1) is 10.9. The molecule has 4 nitrogen and oxygen atoms in total. The monoisotopic (exact) mass is 242 g/mol. The van der Waals surface area contributed by atoms with Crippen LogP contribution in [0.25, 0.3) is 5.65 Å². The van der Waals surface area contributed by atoms with Crippen LogP contribution < -0.4 is 0 Å². The lowest BCUT2D eigenvalue weighted by atomic mass is 10.4. The molecule has 6 heteroatoms. The predicted molar refractivity (Wildman–Crippen MR) is 56.1 cm³/mol. The first-order chi connectivity index (χ1) is 7.63. The van der Waals surface area contributed by atoms with Crippen molar-refractivity contribution < 1.29 is 13.9 Å². The Kier molecular flexibility index (Phi) is 2.78. The SMILES string of the molecule is CCOC(=O)c1cnc2c(F)cc(Cl)cn12. The molecule has 0 spiro atoms. The largest absolute Gasteiger partial charge is 0.461 e. The van der Waals surface area contributed by atoms with E-state index in [-0.39, 0.29) is 23.0 Å². The fourth-order valence-corrected chi connectivity index (χ4v) is 1.56. The zero-order chi connectivity index (χ0) is 11.7. The van der Waals surface area contributed by atoms with Gasteiger partial charge < -0.3 is 4.74 Å². The molecular weight excluding hydrogens is 235 g/mol. The van der Waals surface area contributed by atoms with Gasteiger partial charge in [-0.3, -0.25) is 4.40 Å². The average molecular weight is 243 g/mol. The van der Waals surface area contributed by atoms with Crippen LogP contribution in [0.4, 0.5) is 4.39 Å². The number of hydrogen-bond donors (Lipinski definition) is 0. The molecule has 2 heterocycles. The molecular formula is C10H8ClFN2O2. The number of ether oxygens (including phenoxy) is 1. The third-order valence-corrected chi connectivity index (χ3v) is 2.22. The van der Waals surface area contributed by atoms with Crippen LogP contribution in [-0.2, 0) is 4.74 Å². The van der Waals surface area contributed by atoms with Gasteiger partial charge >= 0.3 is 5.97 Å². The Morgan fingerprint density at radius 1 is 1.69 bits per heavy atom. The van der Waals surface area contributed by atoms with Crippen molar-refractivity contribution in [2.24, 2.45) is 0 Å². The maximum Gasteiger partial charge on any atom is 0.356 e. The maximum absolute atomic E-state index is 13.4. The number of fused-ring (bicyclic) bond motifs is 1. The Hall–Kier alpha value is -1.62. The molecule has 0 unspecified atom stereocenters. The molecule has 0 aliphatic heterocycles. The van der Waals surface area contributed by atoms with Crippen LogP contribution in [0.15, 0.2) is 18.5 Å². The molecule has 16 heavy (non-hydrogen) atoms. The molecule has 0 aliphatic rings. The summed E-state index contributed by atoms with van der Waals surface area (Å²) in [5, 5.41) is 0.188. The molecule has 0 aliphatic carbocycles. The van der Waals surface area contributed by atoms with E-state index in [1.807, 2.05) is 0 Å². The number of carbonyl (C=O) groups excluding carboxylic acids is 1. The summed E-state index contributed by atoms with van der Waals surface area (Å²) in [5.74, 6) is -1.14. The van der Waals surface area contributed by atoms with Gasteiger partial charge in [-0.2, -0.15) is 0 Å². The molecule has 2 aromatic rings. The number of hydrogen-bond acceptors (Lipinski definition) is 3. The first-order valence-electron chi connectivity index (χ1n) is 4.62. The standard InChI is InChI=1S/C10H8ClFN2O2/c1-2-16-10(15)8-4-13-9-7(12)3-6(11)5-14(8)9/h3-5H,2H2,1H3. The van der Waals surface area contributed by atoms with Crippen molar-refractivity contribution in [3.8, 4) is 0 Å². The molecule has 0 aromatic carbocycles. The van der Waals surface area contributed by atoms with Gasteiger partial charge in [0.25, 0.3) is 0 Å². The van der Waals surface area contributed by atoms with Crippen LogP contribution in [-0.4, -0.2) is 22.0 Å². The summed E-state index contributed by atoms with van der Waals surface area (Å²) in [6.07, 6.45) is 2.67. The van der Waals surface area contributed by atoms with Crippen molar-refractivity contribution in [1.29, 1.82) is 0 Å². The highest BCUT2D eigenvalue weighted by Gasteiger charge is 2.15. The van der Waals surface area contributed by atoms with Gasteiger partial charge in [-0.05, 0) is 13.0 Å². The molecule has 0 radical (unpaired) electrons. The van der Waals surface area contributed by atoms with Crippen LogP contribution in [0, 0.1) is 5.82 Å². The van der Waals surface area contributed by atoms with Gasteiger partial charge in [0.05, 0.1) is 17.8 Å². The molecule has 84 valence electrons. The molecule has 0 atom stereocenters. The summed E-state index contributed by atoms with van der Waals surface area (Å²) in [5.41, 5.74) is 0.200. The summed E-state index contributed by atoms with van der Waals surface area (Å²) in [7, 11) is 0. The second kappa shape index (κ2) is 4.09. The van der Waals surface area contributed by atoms with Gasteiger partial charge in [-0.25, -0.2) is 14.2 Å². The molecule has 0 N–H and O–H groups in total. The van der Waals surface area contributed by atoms with Crippen molar-refractivity contribution in [1.82, 2.24) is 9.38 Å². The van der Waals surface area contributed by atoms with Gasteiger partial charge in [-0.1, -0.05) is 11.6 Å². The number of carbonyl (C=O) groups is 1. The molecule has 0 saturated carbocycles. The van der Waals surface area contributed by atoms with Crippen molar-refractivity contribution in [2.75, 3.05) is 6.61 Å². The molecule has 2 rings (SSSR count). The maximum atomic E-state index is 13.4. The van der Waals surface area contributed by atoms with E-state index < -0.39 is 11.8 Å². The summed E-state index contributed by atoms with van der Waals surface area (Å²) in [4.78, 5) is 15.3. The molecule has 0 fully saturated rings. The minimum absolute atomic E-state index is 0.0486. The summed E-state index contributed by atoms with van der Waals surface area (Å²) in [6, 6.07) is 1.14. The number of nitrogens with zero attached hydrogens (tertiary/aromatic N) is 2. The average Bonchev–Trinajstić information content (AvgIpc) is 2.61. The first-order valence-corrected chi connectivity index (χ1v) is 5.00. The zero-order valence-electron chi connectivity index (χ0n) is 8.41. The van der Waals surface area contributed by atoms with E-state index in [2.05, 4.69) is 4.98 Å². The van der Waals surface area contributed by atoms with Crippen LogP contribution in [0.5, 0.6) is 0 Å². The van der Waals surface area contributed by atoms with Crippen LogP contribution in [0.2, 0.25) is 5.02 Å². The summed E-state index contributed by atoms with van der Waals surface area (Å²) >= 11 is 5.69. The van der Waals surface area contributed by atoms with Gasteiger partial charge in [0.2, 0.25) is 0 Å². The number of aromatic nitrogens is 2. The number of pyridine rings is 1. The molecule has 0 bridgehead atoms. The van der Waals surface area contributed by atoms with Crippen molar-refractivity contribution in [2.45, 2.75) is 6.92 Å². The number of esters is 1. The topological polar surface area (TPSA) is 43.6 Å². The fraction of sp³-hybridized carbons (Fsp3) is 0.200. The van der Waals surface area contributed by atoms with Crippen LogP contribution >= 0.6 is 11.6 Å². The lowest BCUT2D eigenvalue weighted by molar-refractivity contribution is 0.0518. The number of halogens is 2. The minimum Gasteiger partial charge on any atom is -0.461 e. The quantitative estimate of drug-likeness (QED) is 0.759. The van der Waals surface area contributed by atoms with E-state index in [4.69, 9.17) is 16.3 Å². The van der Waals surface area contributed by atoms with E-state index in [1.165, 1.54) is 16.8 Å². The smallest absolute Gasteiger partial charge is 0.356 e. The fourth-order valence-electron chi connectivity index (χ4n) is 1.37. The highest BCUT2D eigenvalue weighted by atomic mass is 35.5. The van der Waals surface area contributed by atoms with Crippen LogP contribution in [0.1, 0.15) is 17.4 Å². The predicted octanol–water partition coefficient (Wildman–Crippen LogP) is 2.30. The van der Waals surface area contributed by atoms with E-state index >= 15 is 0 Å². The highest BCUT2D eigenvalue weighted by molar-refractivity contribution is 6.30. The number of rotatable bonds is 2. The van der Waals surface area contributed by atoms with Gasteiger partial charge in [0, 0.05) is 6.20 Å². The van der Waals surface area contributed by atoms with E-state index in [9.17, 15) is 9.18 Å². The van der Waals surface area contributed by atoms with E-state index in [1.54, 1.807) is 6.92 Å².